The summed E-state index contributed by atoms with van der Waals surface area (Å²) in [5, 5.41) is 11.4. The minimum Gasteiger partial charge on any atom is -0.339 e. The predicted molar refractivity (Wildman–Crippen MR) is 92.5 cm³/mol. The molecule has 1 unspecified atom stereocenters. The summed E-state index contributed by atoms with van der Waals surface area (Å²) >= 11 is 0. The monoisotopic (exact) mass is 343 g/mol. The van der Waals surface area contributed by atoms with Crippen molar-refractivity contribution in [2.45, 2.75) is 25.8 Å². The molecule has 2 aromatic rings. The van der Waals surface area contributed by atoms with Crippen molar-refractivity contribution in [3.63, 3.8) is 0 Å². The Morgan fingerprint density at radius 2 is 2.12 bits per heavy atom. The number of amides is 1. The fourth-order valence-corrected chi connectivity index (χ4v) is 3.23. The van der Waals surface area contributed by atoms with E-state index in [1.165, 1.54) is 12.4 Å². The molecule has 0 bridgehead atoms. The van der Waals surface area contributed by atoms with Crippen LogP contribution in [-0.2, 0) is 0 Å². The minimum absolute atomic E-state index is 0.116. The first-order chi connectivity index (χ1) is 12.0. The lowest BCUT2D eigenvalue weighted by Crippen LogP contribution is -2.42. The van der Waals surface area contributed by atoms with Crippen molar-refractivity contribution in [1.29, 1.82) is 0 Å². The van der Waals surface area contributed by atoms with E-state index in [1.807, 2.05) is 6.92 Å². The fourth-order valence-electron chi connectivity index (χ4n) is 3.23. The Labute approximate surface area is 145 Å². The highest BCUT2D eigenvalue weighted by Crippen LogP contribution is 2.26. The van der Waals surface area contributed by atoms with Gasteiger partial charge in [0.2, 0.25) is 0 Å². The van der Waals surface area contributed by atoms with E-state index in [2.05, 4.69) is 4.98 Å². The summed E-state index contributed by atoms with van der Waals surface area (Å²) in [5.74, 6) is 0.241. The second-order valence-electron chi connectivity index (χ2n) is 6.42. The van der Waals surface area contributed by atoms with Gasteiger partial charge in [0.15, 0.2) is 0 Å². The lowest BCUT2D eigenvalue weighted by Gasteiger charge is -2.33. The molecule has 0 saturated carbocycles. The third-order valence-electron chi connectivity index (χ3n) is 4.77. The predicted octanol–water partition coefficient (Wildman–Crippen LogP) is 1.98. The second kappa shape index (κ2) is 7.02. The van der Waals surface area contributed by atoms with Gasteiger partial charge >= 0.3 is 0 Å². The zero-order valence-electron chi connectivity index (χ0n) is 14.0. The van der Waals surface area contributed by atoms with Crippen LogP contribution in [0.15, 0.2) is 36.9 Å². The summed E-state index contributed by atoms with van der Waals surface area (Å²) < 4.78 is 1.56. The van der Waals surface area contributed by atoms with Gasteiger partial charge in [0.25, 0.3) is 11.6 Å². The third kappa shape index (κ3) is 3.53. The van der Waals surface area contributed by atoms with Crippen molar-refractivity contribution < 1.29 is 9.72 Å². The maximum absolute atomic E-state index is 12.7. The summed E-state index contributed by atoms with van der Waals surface area (Å²) in [7, 11) is 0. The maximum atomic E-state index is 12.7. The van der Waals surface area contributed by atoms with Crippen LogP contribution in [0, 0.1) is 16.0 Å². The molecule has 0 spiro atoms. The van der Waals surface area contributed by atoms with Crippen LogP contribution >= 0.6 is 0 Å². The Hall–Kier alpha value is -2.74. The molecule has 1 fully saturated rings. The average Bonchev–Trinajstić information content (AvgIpc) is 3.15. The summed E-state index contributed by atoms with van der Waals surface area (Å²) in [4.78, 5) is 29.3. The maximum Gasteiger partial charge on any atom is 0.294 e. The number of nitrogens with two attached hydrogens (primary N) is 1. The molecule has 0 radical (unpaired) electrons. The molecule has 1 aromatic carbocycles. The Morgan fingerprint density at radius 1 is 1.40 bits per heavy atom. The Kier molecular flexibility index (Phi) is 4.80. The lowest BCUT2D eigenvalue weighted by molar-refractivity contribution is -0.384. The van der Waals surface area contributed by atoms with Crippen LogP contribution in [-0.4, -0.2) is 44.4 Å². The number of rotatable bonds is 4. The van der Waals surface area contributed by atoms with Crippen LogP contribution in [0.25, 0.3) is 5.69 Å². The van der Waals surface area contributed by atoms with Crippen molar-refractivity contribution >= 4 is 11.6 Å². The molecular formula is C17H21N5O3. The van der Waals surface area contributed by atoms with Crippen molar-refractivity contribution in [2.24, 2.45) is 11.7 Å². The molecule has 1 atom stereocenters. The van der Waals surface area contributed by atoms with Crippen molar-refractivity contribution in [2.75, 3.05) is 13.1 Å². The topological polar surface area (TPSA) is 107 Å². The standard InChI is InChI=1S/C17H21N5O3/c1-12(18)13-4-7-20(8-5-13)17(23)14-2-3-15(16(10-14)22(24)25)21-9-6-19-11-21/h2-3,6,9-13H,4-5,7-8,18H2,1H3. The highest BCUT2D eigenvalue weighted by Gasteiger charge is 2.27. The van der Waals surface area contributed by atoms with Gasteiger partial charge in [-0.05, 0) is 37.8 Å². The van der Waals surface area contributed by atoms with Crippen LogP contribution in [0.4, 0.5) is 5.69 Å². The molecule has 1 aliphatic heterocycles. The number of piperidine rings is 1. The zero-order valence-corrected chi connectivity index (χ0v) is 14.0. The van der Waals surface area contributed by atoms with Gasteiger partial charge in [-0.25, -0.2) is 4.98 Å². The molecule has 25 heavy (non-hydrogen) atoms. The second-order valence-corrected chi connectivity index (χ2v) is 6.42. The van der Waals surface area contributed by atoms with E-state index in [0.717, 1.165) is 12.8 Å². The van der Waals surface area contributed by atoms with Crippen LogP contribution in [0.2, 0.25) is 0 Å². The van der Waals surface area contributed by atoms with Crippen LogP contribution in [0.3, 0.4) is 0 Å². The molecule has 2 heterocycles. The molecule has 0 aliphatic carbocycles. The minimum atomic E-state index is -0.478. The molecular weight excluding hydrogens is 322 g/mol. The smallest absolute Gasteiger partial charge is 0.294 e. The molecule has 1 amide bonds. The quantitative estimate of drug-likeness (QED) is 0.674. The largest absolute Gasteiger partial charge is 0.339 e. The molecule has 8 heteroatoms. The van der Waals surface area contributed by atoms with Crippen LogP contribution in [0.1, 0.15) is 30.1 Å². The van der Waals surface area contributed by atoms with E-state index >= 15 is 0 Å². The number of likely N-dealkylation sites (tertiary alicyclic amines) is 1. The van der Waals surface area contributed by atoms with Gasteiger partial charge in [-0.15, -0.1) is 0 Å². The summed E-state index contributed by atoms with van der Waals surface area (Å²) in [6.07, 6.45) is 6.38. The van der Waals surface area contributed by atoms with Gasteiger partial charge in [-0.3, -0.25) is 14.9 Å². The van der Waals surface area contributed by atoms with Crippen molar-refractivity contribution in [1.82, 2.24) is 14.5 Å². The normalized spacial score (nSPS) is 16.6. The van der Waals surface area contributed by atoms with Crippen LogP contribution in [0.5, 0.6) is 0 Å². The Bertz CT molecular complexity index is 765. The molecule has 1 aromatic heterocycles. The van der Waals surface area contributed by atoms with E-state index in [-0.39, 0.29) is 17.6 Å². The Balaban J connectivity index is 1.82. The number of carbonyl (C=O) groups excluding carboxylic acids is 1. The van der Waals surface area contributed by atoms with Crippen molar-refractivity contribution in [3.8, 4) is 5.69 Å². The van der Waals surface area contributed by atoms with Crippen molar-refractivity contribution in [3.05, 3.63) is 52.6 Å². The SMILES string of the molecule is CC(N)C1CCN(C(=O)c2ccc(-n3ccnc3)c([N+](=O)[O-])c2)CC1. The van der Waals surface area contributed by atoms with E-state index in [9.17, 15) is 14.9 Å². The number of benzene rings is 1. The molecule has 1 saturated heterocycles. The number of hydrogen-bond acceptors (Lipinski definition) is 5. The van der Waals surface area contributed by atoms with Gasteiger partial charge < -0.3 is 15.2 Å². The van der Waals surface area contributed by atoms with Gasteiger partial charge in [0.05, 0.1) is 11.3 Å². The van der Waals surface area contributed by atoms with Gasteiger partial charge in [-0.2, -0.15) is 0 Å². The fraction of sp³-hybridized carbons (Fsp3) is 0.412. The number of nitro benzene ring substituents is 1. The number of carbonyl (C=O) groups is 1. The number of nitro groups is 1. The number of aromatic nitrogens is 2. The van der Waals surface area contributed by atoms with Gasteiger partial charge in [0.1, 0.15) is 5.69 Å². The van der Waals surface area contributed by atoms with Gasteiger partial charge in [0, 0.05) is 43.2 Å². The van der Waals surface area contributed by atoms with Gasteiger partial charge in [-0.1, -0.05) is 0 Å². The summed E-state index contributed by atoms with van der Waals surface area (Å²) in [6, 6.07) is 4.67. The molecule has 3 rings (SSSR count). The first-order valence-corrected chi connectivity index (χ1v) is 8.29. The van der Waals surface area contributed by atoms with E-state index < -0.39 is 4.92 Å². The first kappa shape index (κ1) is 17.1. The molecule has 132 valence electrons. The Morgan fingerprint density at radius 3 is 2.68 bits per heavy atom. The highest BCUT2D eigenvalue weighted by atomic mass is 16.6. The zero-order chi connectivity index (χ0) is 18.0. The lowest BCUT2D eigenvalue weighted by atomic mass is 9.90. The molecule has 8 nitrogen and oxygen atoms in total. The third-order valence-corrected chi connectivity index (χ3v) is 4.77. The number of nitrogens with zero attached hydrogens (tertiary/aromatic N) is 4. The number of imidazole rings is 1. The molecule has 1 aliphatic rings. The summed E-state index contributed by atoms with van der Waals surface area (Å²) in [6.45, 7) is 3.24. The molecule has 2 N–H and O–H groups in total. The van der Waals surface area contributed by atoms with Crippen LogP contribution < -0.4 is 5.73 Å². The van der Waals surface area contributed by atoms with E-state index in [0.29, 0.717) is 30.3 Å². The average molecular weight is 343 g/mol. The summed E-state index contributed by atoms with van der Waals surface area (Å²) in [5.41, 5.74) is 6.53. The van der Waals surface area contributed by atoms with E-state index in [1.54, 1.807) is 34.0 Å². The first-order valence-electron chi connectivity index (χ1n) is 8.29. The highest BCUT2D eigenvalue weighted by molar-refractivity contribution is 5.95. The number of hydrogen-bond donors (Lipinski definition) is 1. The van der Waals surface area contributed by atoms with E-state index in [4.69, 9.17) is 5.73 Å².